The van der Waals surface area contributed by atoms with E-state index in [4.69, 9.17) is 18.9 Å². The van der Waals surface area contributed by atoms with E-state index in [2.05, 4.69) is 43.5 Å². The largest absolute Gasteiger partial charge is 0.394 e. The number of aliphatic hydroxyl groups is 8. The van der Waals surface area contributed by atoms with Crippen molar-refractivity contribution < 1.29 is 64.6 Å². The number of hydrogen-bond acceptors (Lipinski definition) is 13. The molecule has 14 nitrogen and oxygen atoms in total. The Balaban J connectivity index is 1.58. The standard InChI is InChI=1S/C76H143NO13/c1-3-5-7-9-11-13-15-17-19-21-23-24-25-26-27-28-29-30-31-32-33-34-35-36-37-38-39-40-41-42-44-46-48-50-52-54-56-58-60-68(81)77-64(65(80)59-57-55-53-51-49-47-45-43-22-20-18-16-14-12-10-8-6-4-2)63-87-75-73(86)71(84)74(67(62-79)89-75)90-76-72(85)70(83)69(82)66(61-78)88-76/h22,43,49,51,57,59,64-67,69-76,78-80,82-86H,3-21,23-42,44-48,50,52-56,58,60-63H2,1-2H3,(H,77,81)/b43-22+,51-49+,59-57+. The summed E-state index contributed by atoms with van der Waals surface area (Å²) in [7, 11) is 0. The van der Waals surface area contributed by atoms with Gasteiger partial charge in [-0.05, 0) is 44.9 Å². The molecule has 0 bridgehead atoms. The summed E-state index contributed by atoms with van der Waals surface area (Å²) in [4.78, 5) is 13.3. The summed E-state index contributed by atoms with van der Waals surface area (Å²) in [5.74, 6) is -0.247. The molecular formula is C76H143NO13. The van der Waals surface area contributed by atoms with E-state index < -0.39 is 86.8 Å². The first-order valence-corrected chi connectivity index (χ1v) is 38.2. The molecule has 2 aliphatic heterocycles. The molecule has 1 amide bonds. The Kier molecular flexibility index (Phi) is 57.0. The van der Waals surface area contributed by atoms with Crippen LogP contribution in [0.2, 0.25) is 0 Å². The van der Waals surface area contributed by atoms with Crippen LogP contribution in [0.25, 0.3) is 0 Å². The molecule has 0 aromatic rings. The van der Waals surface area contributed by atoms with Gasteiger partial charge in [0.2, 0.25) is 5.91 Å². The number of allylic oxidation sites excluding steroid dienone is 5. The monoisotopic (exact) mass is 1280 g/mol. The third-order valence-corrected chi connectivity index (χ3v) is 18.8. The van der Waals surface area contributed by atoms with Crippen molar-refractivity contribution in [2.75, 3.05) is 19.8 Å². The molecule has 0 saturated carbocycles. The maximum absolute atomic E-state index is 13.3. The van der Waals surface area contributed by atoms with Crippen molar-refractivity contribution in [2.45, 2.75) is 421 Å². The smallest absolute Gasteiger partial charge is 0.220 e. The predicted octanol–water partition coefficient (Wildman–Crippen LogP) is 16.5. The molecule has 0 aromatic carbocycles. The van der Waals surface area contributed by atoms with Crippen molar-refractivity contribution in [1.29, 1.82) is 0 Å². The summed E-state index contributed by atoms with van der Waals surface area (Å²) in [5.41, 5.74) is 0. The molecule has 0 aromatic heterocycles. The van der Waals surface area contributed by atoms with Crippen molar-refractivity contribution in [1.82, 2.24) is 5.32 Å². The van der Waals surface area contributed by atoms with E-state index in [1.165, 1.54) is 270 Å². The van der Waals surface area contributed by atoms with Crippen LogP contribution >= 0.6 is 0 Å². The first-order valence-electron chi connectivity index (χ1n) is 38.2. The Morgan fingerprint density at radius 1 is 0.389 bits per heavy atom. The molecular weight excluding hydrogens is 1130 g/mol. The lowest BCUT2D eigenvalue weighted by Gasteiger charge is -2.46. The zero-order valence-corrected chi connectivity index (χ0v) is 57.9. The van der Waals surface area contributed by atoms with Crippen LogP contribution in [0.15, 0.2) is 36.5 Å². The highest BCUT2D eigenvalue weighted by molar-refractivity contribution is 5.76. The summed E-state index contributed by atoms with van der Waals surface area (Å²) in [6.07, 6.45) is 62.5. The molecule has 0 aliphatic carbocycles. The number of hydrogen-bond donors (Lipinski definition) is 9. The number of aliphatic hydroxyl groups excluding tert-OH is 8. The second-order valence-electron chi connectivity index (χ2n) is 27.1. The van der Waals surface area contributed by atoms with E-state index in [1.54, 1.807) is 6.08 Å². The normalized spacial score (nSPS) is 23.0. The lowest BCUT2D eigenvalue weighted by atomic mass is 9.97. The molecule has 0 spiro atoms. The van der Waals surface area contributed by atoms with Gasteiger partial charge in [-0.25, -0.2) is 0 Å². The van der Waals surface area contributed by atoms with Crippen molar-refractivity contribution >= 4 is 5.91 Å². The average molecular weight is 1280 g/mol. The number of carbonyl (C=O) groups excluding carboxylic acids is 1. The molecule has 12 atom stereocenters. The van der Waals surface area contributed by atoms with Gasteiger partial charge in [-0.1, -0.05) is 333 Å². The van der Waals surface area contributed by atoms with Gasteiger partial charge in [-0.15, -0.1) is 0 Å². The Hall–Kier alpha value is -1.79. The number of rotatable bonds is 64. The fourth-order valence-electron chi connectivity index (χ4n) is 12.7. The van der Waals surface area contributed by atoms with Crippen LogP contribution in [0.1, 0.15) is 348 Å². The lowest BCUT2D eigenvalue weighted by Crippen LogP contribution is -2.65. The van der Waals surface area contributed by atoms with Gasteiger partial charge < -0.3 is 65.1 Å². The quantitative estimate of drug-likeness (QED) is 0.0204. The number of ether oxygens (including phenoxy) is 4. The molecule has 2 rings (SSSR count). The maximum atomic E-state index is 13.3. The Morgan fingerprint density at radius 2 is 0.711 bits per heavy atom. The molecule has 14 heteroatoms. The minimum atomic E-state index is -1.79. The van der Waals surface area contributed by atoms with E-state index in [-0.39, 0.29) is 18.9 Å². The minimum absolute atomic E-state index is 0.247. The second kappa shape index (κ2) is 60.8. The molecule has 2 heterocycles. The first kappa shape index (κ1) is 84.3. The first-order chi connectivity index (χ1) is 44.1. The van der Waals surface area contributed by atoms with E-state index in [1.807, 2.05) is 6.08 Å². The molecule has 0 radical (unpaired) electrons. The highest BCUT2D eigenvalue weighted by atomic mass is 16.7. The summed E-state index contributed by atoms with van der Waals surface area (Å²) in [6.45, 7) is 2.82. The zero-order valence-electron chi connectivity index (χ0n) is 57.9. The lowest BCUT2D eigenvalue weighted by molar-refractivity contribution is -0.359. The van der Waals surface area contributed by atoms with Crippen LogP contribution in [0, 0.1) is 0 Å². The summed E-state index contributed by atoms with van der Waals surface area (Å²) in [5, 5.41) is 87.4. The molecule has 12 unspecified atom stereocenters. The Labute approximate surface area is 551 Å². The minimum Gasteiger partial charge on any atom is -0.394 e. The third kappa shape index (κ3) is 44.0. The second-order valence-corrected chi connectivity index (χ2v) is 27.1. The number of nitrogens with one attached hydrogen (secondary N) is 1. The SMILES string of the molecule is CCCCCCCCCC/C=C/CC/C=C/CC/C=C/C(O)C(COC1OC(CO)C(OC2OC(CO)C(O)C(O)C2O)C(O)C1O)NC(=O)CCCCCCCCCCCCCCCCCCCCCCCCCCCCCCCCCCCCCCCC. The molecule has 530 valence electrons. The highest BCUT2D eigenvalue weighted by Crippen LogP contribution is 2.30. The topological polar surface area (TPSA) is 228 Å². The Bertz CT molecular complexity index is 1650. The number of carbonyl (C=O) groups is 1. The van der Waals surface area contributed by atoms with Gasteiger partial charge >= 0.3 is 0 Å². The number of unbranched alkanes of at least 4 members (excludes halogenated alkanes) is 47. The van der Waals surface area contributed by atoms with Crippen LogP contribution in [0.5, 0.6) is 0 Å². The van der Waals surface area contributed by atoms with Crippen molar-refractivity contribution in [3.05, 3.63) is 36.5 Å². The fourth-order valence-corrected chi connectivity index (χ4v) is 12.7. The summed E-state index contributed by atoms with van der Waals surface area (Å²) in [6, 6.07) is -0.937. The molecule has 9 N–H and O–H groups in total. The third-order valence-electron chi connectivity index (χ3n) is 18.8. The van der Waals surface area contributed by atoms with Gasteiger partial charge in [-0.3, -0.25) is 4.79 Å². The Morgan fingerprint density at radius 3 is 1.09 bits per heavy atom. The fraction of sp³-hybridized carbons (Fsp3) is 0.908. The van der Waals surface area contributed by atoms with Crippen LogP contribution in [-0.2, 0) is 23.7 Å². The summed E-state index contributed by atoms with van der Waals surface area (Å²) >= 11 is 0. The van der Waals surface area contributed by atoms with Gasteiger partial charge in [0.25, 0.3) is 0 Å². The van der Waals surface area contributed by atoms with Gasteiger partial charge in [0.1, 0.15) is 48.8 Å². The van der Waals surface area contributed by atoms with Crippen LogP contribution < -0.4 is 5.32 Å². The van der Waals surface area contributed by atoms with Gasteiger partial charge in [-0.2, -0.15) is 0 Å². The molecule has 2 saturated heterocycles. The van der Waals surface area contributed by atoms with E-state index in [0.717, 1.165) is 44.9 Å². The zero-order chi connectivity index (χ0) is 65.2. The van der Waals surface area contributed by atoms with E-state index in [9.17, 15) is 45.6 Å². The van der Waals surface area contributed by atoms with Gasteiger partial charge in [0, 0.05) is 6.42 Å². The van der Waals surface area contributed by atoms with Crippen molar-refractivity contribution in [3.8, 4) is 0 Å². The van der Waals surface area contributed by atoms with Crippen molar-refractivity contribution in [3.63, 3.8) is 0 Å². The van der Waals surface area contributed by atoms with E-state index in [0.29, 0.717) is 12.8 Å². The molecule has 2 aliphatic rings. The highest BCUT2D eigenvalue weighted by Gasteiger charge is 2.51. The maximum Gasteiger partial charge on any atom is 0.220 e. The number of amides is 1. The molecule has 2 fully saturated rings. The van der Waals surface area contributed by atoms with Crippen LogP contribution in [0.4, 0.5) is 0 Å². The van der Waals surface area contributed by atoms with E-state index >= 15 is 0 Å². The van der Waals surface area contributed by atoms with Crippen molar-refractivity contribution in [2.24, 2.45) is 0 Å². The van der Waals surface area contributed by atoms with Crippen LogP contribution in [-0.4, -0.2) is 140 Å². The predicted molar refractivity (Wildman–Crippen MR) is 369 cm³/mol. The van der Waals surface area contributed by atoms with Gasteiger partial charge in [0.05, 0.1) is 32.0 Å². The summed E-state index contributed by atoms with van der Waals surface area (Å²) < 4.78 is 22.8. The molecule has 90 heavy (non-hydrogen) atoms. The average Bonchev–Trinajstić information content (AvgIpc) is 3.57. The van der Waals surface area contributed by atoms with Gasteiger partial charge in [0.15, 0.2) is 12.6 Å². The van der Waals surface area contributed by atoms with Crippen LogP contribution in [0.3, 0.4) is 0 Å².